The van der Waals surface area contributed by atoms with Crippen LogP contribution in [0.1, 0.15) is 46.2 Å². The number of rotatable bonds is 5. The van der Waals surface area contributed by atoms with Gasteiger partial charge >= 0.3 is 0 Å². The van der Waals surface area contributed by atoms with Gasteiger partial charge in [0.05, 0.1) is 24.3 Å². The Morgan fingerprint density at radius 2 is 1.48 bits per heavy atom. The molecule has 0 saturated carbocycles. The largest absolute Gasteiger partial charge is 0.497 e. The van der Waals surface area contributed by atoms with E-state index in [-0.39, 0.29) is 11.9 Å². The first-order valence-electron chi connectivity index (χ1n) is 8.74. The van der Waals surface area contributed by atoms with Gasteiger partial charge in [-0.25, -0.2) is 0 Å². The smallest absolute Gasteiger partial charge is 0.262 e. The average molecular weight is 366 g/mol. The minimum atomic E-state index is -0.886. The Kier molecular flexibility index (Phi) is 4.99. The molecular weight excluding hydrogens is 344 g/mol. The van der Waals surface area contributed by atoms with Crippen molar-refractivity contribution < 1.29 is 19.1 Å². The molecule has 0 aliphatic carbocycles. The second-order valence-corrected chi connectivity index (χ2v) is 6.60. The summed E-state index contributed by atoms with van der Waals surface area (Å²) >= 11 is 0. The molecule has 6 heteroatoms. The van der Waals surface area contributed by atoms with Gasteiger partial charge in [0.15, 0.2) is 0 Å². The van der Waals surface area contributed by atoms with Crippen molar-refractivity contribution in [3.63, 3.8) is 0 Å². The molecule has 2 unspecified atom stereocenters. The molecule has 0 radical (unpaired) electrons. The van der Waals surface area contributed by atoms with Crippen LogP contribution in [0.3, 0.4) is 0 Å². The minimum absolute atomic E-state index is 0.221. The van der Waals surface area contributed by atoms with Crippen LogP contribution >= 0.6 is 0 Å². The molecular formula is C21H22N2O4. The zero-order valence-electron chi connectivity index (χ0n) is 15.8. The Morgan fingerprint density at radius 1 is 0.963 bits per heavy atom. The number of methoxy groups -OCH3 is 1. The van der Waals surface area contributed by atoms with E-state index in [1.165, 1.54) is 0 Å². The molecule has 3 rings (SSSR count). The van der Waals surface area contributed by atoms with Crippen molar-refractivity contribution in [2.24, 2.45) is 0 Å². The molecule has 0 aromatic heterocycles. The number of ether oxygens (including phenoxy) is 1. The topological polar surface area (TPSA) is 66.9 Å². The van der Waals surface area contributed by atoms with Gasteiger partial charge in [-0.1, -0.05) is 24.3 Å². The van der Waals surface area contributed by atoms with Crippen LogP contribution in [-0.4, -0.2) is 47.7 Å². The van der Waals surface area contributed by atoms with Crippen molar-refractivity contribution >= 4 is 17.7 Å². The number of likely N-dealkylation sites (N-methyl/N-ethyl adjacent to an activating group) is 1. The lowest BCUT2D eigenvalue weighted by atomic mass is 10.1. The summed E-state index contributed by atoms with van der Waals surface area (Å²) in [6.45, 7) is 3.48. The van der Waals surface area contributed by atoms with Crippen LogP contribution in [0.15, 0.2) is 48.5 Å². The number of amides is 3. The highest BCUT2D eigenvalue weighted by molar-refractivity contribution is 6.22. The third-order valence-corrected chi connectivity index (χ3v) is 5.10. The van der Waals surface area contributed by atoms with Crippen LogP contribution < -0.4 is 4.74 Å². The van der Waals surface area contributed by atoms with E-state index in [2.05, 4.69) is 0 Å². The van der Waals surface area contributed by atoms with Gasteiger partial charge < -0.3 is 9.64 Å². The number of hydrogen-bond donors (Lipinski definition) is 0. The van der Waals surface area contributed by atoms with Gasteiger partial charge in [-0.2, -0.15) is 0 Å². The van der Waals surface area contributed by atoms with Gasteiger partial charge in [0.25, 0.3) is 11.8 Å². The highest BCUT2D eigenvalue weighted by atomic mass is 16.5. The molecule has 2 aromatic carbocycles. The number of hydrogen-bond acceptors (Lipinski definition) is 4. The number of benzene rings is 2. The van der Waals surface area contributed by atoms with Crippen molar-refractivity contribution in [2.75, 3.05) is 14.2 Å². The minimum Gasteiger partial charge on any atom is -0.497 e. The van der Waals surface area contributed by atoms with Gasteiger partial charge in [-0.05, 0) is 43.7 Å². The Bertz CT molecular complexity index is 856. The van der Waals surface area contributed by atoms with Crippen LogP contribution in [0.5, 0.6) is 5.75 Å². The van der Waals surface area contributed by atoms with Crippen molar-refractivity contribution in [1.82, 2.24) is 9.80 Å². The molecule has 2 aromatic rings. The third kappa shape index (κ3) is 3.18. The first kappa shape index (κ1) is 18.6. The summed E-state index contributed by atoms with van der Waals surface area (Å²) in [5, 5.41) is 0. The molecule has 6 nitrogen and oxygen atoms in total. The number of carbonyl (C=O) groups excluding carboxylic acids is 3. The maximum atomic E-state index is 13.0. The molecule has 1 heterocycles. The fraction of sp³-hybridized carbons (Fsp3) is 0.286. The summed E-state index contributed by atoms with van der Waals surface area (Å²) in [5.41, 5.74) is 1.61. The summed E-state index contributed by atoms with van der Waals surface area (Å²) in [6, 6.07) is 13.0. The number of fused-ring (bicyclic) bond motifs is 1. The Hall–Kier alpha value is -3.15. The summed E-state index contributed by atoms with van der Waals surface area (Å²) in [7, 11) is 3.27. The Labute approximate surface area is 158 Å². The van der Waals surface area contributed by atoms with E-state index < -0.39 is 17.9 Å². The van der Waals surface area contributed by atoms with Gasteiger partial charge in [0.1, 0.15) is 11.8 Å². The Morgan fingerprint density at radius 3 is 1.96 bits per heavy atom. The fourth-order valence-corrected chi connectivity index (χ4v) is 3.26. The van der Waals surface area contributed by atoms with Crippen molar-refractivity contribution in [1.29, 1.82) is 0 Å². The summed E-state index contributed by atoms with van der Waals surface area (Å²) in [4.78, 5) is 40.8. The summed E-state index contributed by atoms with van der Waals surface area (Å²) in [6.07, 6.45) is 0. The molecule has 1 aliphatic heterocycles. The van der Waals surface area contributed by atoms with Gasteiger partial charge in [0.2, 0.25) is 5.91 Å². The second-order valence-electron chi connectivity index (χ2n) is 6.60. The lowest BCUT2D eigenvalue weighted by molar-refractivity contribution is -0.135. The van der Waals surface area contributed by atoms with E-state index in [4.69, 9.17) is 4.74 Å². The molecule has 140 valence electrons. The standard InChI is InChI=1S/C21H22N2O4/c1-13(15-9-11-16(27-4)12-10-15)22(3)19(24)14(2)23-20(25)17-7-5-6-8-18(17)21(23)26/h5-14H,1-4H3. The fourth-order valence-electron chi connectivity index (χ4n) is 3.26. The molecule has 0 spiro atoms. The van der Waals surface area contributed by atoms with Crippen LogP contribution in [0.4, 0.5) is 0 Å². The Balaban J connectivity index is 1.78. The lowest BCUT2D eigenvalue weighted by Crippen LogP contribution is -2.48. The summed E-state index contributed by atoms with van der Waals surface area (Å²) < 4.78 is 5.15. The molecule has 3 amide bonds. The number of carbonyl (C=O) groups is 3. The molecule has 0 saturated heterocycles. The zero-order chi connectivity index (χ0) is 19.7. The second kappa shape index (κ2) is 7.23. The lowest BCUT2D eigenvalue weighted by Gasteiger charge is -2.31. The van der Waals surface area contributed by atoms with Crippen LogP contribution in [0.2, 0.25) is 0 Å². The maximum Gasteiger partial charge on any atom is 0.262 e. The quantitative estimate of drug-likeness (QED) is 0.763. The third-order valence-electron chi connectivity index (χ3n) is 5.10. The van der Waals surface area contributed by atoms with E-state index in [1.807, 2.05) is 31.2 Å². The van der Waals surface area contributed by atoms with E-state index in [1.54, 1.807) is 50.2 Å². The van der Waals surface area contributed by atoms with Crippen LogP contribution in [0, 0.1) is 0 Å². The molecule has 2 atom stereocenters. The monoisotopic (exact) mass is 366 g/mol. The zero-order valence-corrected chi connectivity index (χ0v) is 15.8. The van der Waals surface area contributed by atoms with Gasteiger partial charge in [-0.15, -0.1) is 0 Å². The molecule has 27 heavy (non-hydrogen) atoms. The van der Waals surface area contributed by atoms with E-state index in [0.29, 0.717) is 11.1 Å². The van der Waals surface area contributed by atoms with Gasteiger partial charge in [-0.3, -0.25) is 19.3 Å². The first-order valence-corrected chi connectivity index (χ1v) is 8.74. The SMILES string of the molecule is COc1ccc(C(C)N(C)C(=O)C(C)N2C(=O)c3ccccc3C2=O)cc1. The van der Waals surface area contributed by atoms with Crippen molar-refractivity contribution in [2.45, 2.75) is 25.9 Å². The van der Waals surface area contributed by atoms with Crippen molar-refractivity contribution in [3.8, 4) is 5.75 Å². The molecule has 0 fully saturated rings. The summed E-state index contributed by atoms with van der Waals surface area (Å²) in [5.74, 6) is -0.420. The van der Waals surface area contributed by atoms with E-state index in [0.717, 1.165) is 16.2 Å². The first-order chi connectivity index (χ1) is 12.9. The number of nitrogens with zero attached hydrogens (tertiary/aromatic N) is 2. The van der Waals surface area contributed by atoms with Gasteiger partial charge in [0, 0.05) is 7.05 Å². The highest BCUT2D eigenvalue weighted by Gasteiger charge is 2.41. The average Bonchev–Trinajstić information content (AvgIpc) is 2.96. The predicted molar refractivity (Wildman–Crippen MR) is 101 cm³/mol. The molecule has 1 aliphatic rings. The molecule has 0 bridgehead atoms. The van der Waals surface area contributed by atoms with Crippen molar-refractivity contribution in [3.05, 3.63) is 65.2 Å². The highest BCUT2D eigenvalue weighted by Crippen LogP contribution is 2.27. The number of imide groups is 1. The van der Waals surface area contributed by atoms with Crippen LogP contribution in [-0.2, 0) is 4.79 Å². The predicted octanol–water partition coefficient (Wildman–Crippen LogP) is 2.90. The van der Waals surface area contributed by atoms with E-state index >= 15 is 0 Å². The molecule has 0 N–H and O–H groups in total. The normalized spacial score (nSPS) is 15.3. The van der Waals surface area contributed by atoms with Crippen LogP contribution in [0.25, 0.3) is 0 Å². The van der Waals surface area contributed by atoms with E-state index in [9.17, 15) is 14.4 Å². The maximum absolute atomic E-state index is 13.0.